The number of aromatic nitrogens is 2. The van der Waals surface area contributed by atoms with Gasteiger partial charge in [0.1, 0.15) is 5.82 Å². The Kier molecular flexibility index (Phi) is 6.23. The van der Waals surface area contributed by atoms with E-state index in [4.69, 9.17) is 4.74 Å². The molecule has 4 rings (SSSR count). The molecule has 2 heterocycles. The van der Waals surface area contributed by atoms with Crippen molar-refractivity contribution in [3.05, 3.63) is 69.9 Å². The van der Waals surface area contributed by atoms with Crippen molar-refractivity contribution in [3.63, 3.8) is 0 Å². The lowest BCUT2D eigenvalue weighted by molar-refractivity contribution is 0.0673. The first-order chi connectivity index (χ1) is 15.0. The number of likely N-dealkylation sites (tertiary alicyclic amines) is 1. The van der Waals surface area contributed by atoms with E-state index in [0.717, 1.165) is 36.8 Å². The summed E-state index contributed by atoms with van der Waals surface area (Å²) < 4.78 is 19.9. The average Bonchev–Trinajstić information content (AvgIpc) is 3.29. The number of nitrogens with one attached hydrogen (secondary N) is 1. The Bertz CT molecular complexity index is 1120. The predicted molar refractivity (Wildman–Crippen MR) is 118 cm³/mol. The molecule has 1 amide bonds. The summed E-state index contributed by atoms with van der Waals surface area (Å²) >= 11 is 0. The number of aromatic amines is 1. The number of rotatable bonds is 7. The summed E-state index contributed by atoms with van der Waals surface area (Å²) in [5.41, 5.74) is 2.86. The topological polar surface area (TPSA) is 67.3 Å². The van der Waals surface area contributed by atoms with Gasteiger partial charge in [0.05, 0.1) is 24.2 Å². The number of ether oxygens (including phenoxy) is 1. The van der Waals surface area contributed by atoms with E-state index in [-0.39, 0.29) is 29.5 Å². The highest BCUT2D eigenvalue weighted by atomic mass is 19.1. The van der Waals surface area contributed by atoms with Gasteiger partial charge in [-0.25, -0.2) is 9.18 Å². The molecule has 1 N–H and O–H groups in total. The summed E-state index contributed by atoms with van der Waals surface area (Å²) in [6.07, 6.45) is 3.57. The van der Waals surface area contributed by atoms with Crippen LogP contribution in [-0.4, -0.2) is 46.2 Å². The van der Waals surface area contributed by atoms with Crippen molar-refractivity contribution in [1.82, 2.24) is 14.5 Å². The summed E-state index contributed by atoms with van der Waals surface area (Å²) in [5, 5.41) is 0. The molecule has 1 saturated heterocycles. The van der Waals surface area contributed by atoms with Gasteiger partial charge in [-0.1, -0.05) is 12.1 Å². The van der Waals surface area contributed by atoms with Crippen LogP contribution in [-0.2, 0) is 17.7 Å². The van der Waals surface area contributed by atoms with E-state index in [1.54, 1.807) is 35.9 Å². The molecule has 2 atom stereocenters. The number of fused-ring (bicyclic) bond motifs is 1. The second kappa shape index (κ2) is 9.06. The quantitative estimate of drug-likeness (QED) is 0.627. The highest BCUT2D eigenvalue weighted by Crippen LogP contribution is 2.29. The number of benzene rings is 2. The molecule has 6 nitrogen and oxygen atoms in total. The number of halogens is 1. The second-order valence-corrected chi connectivity index (χ2v) is 8.26. The Hall–Kier alpha value is -2.93. The minimum absolute atomic E-state index is 0.0125. The van der Waals surface area contributed by atoms with E-state index in [1.807, 2.05) is 11.0 Å². The van der Waals surface area contributed by atoms with Gasteiger partial charge in [-0.2, -0.15) is 0 Å². The van der Waals surface area contributed by atoms with Gasteiger partial charge in [0.2, 0.25) is 0 Å². The Balaban J connectivity index is 1.52. The molecule has 164 valence electrons. The van der Waals surface area contributed by atoms with Crippen molar-refractivity contribution in [2.24, 2.45) is 0 Å². The van der Waals surface area contributed by atoms with Crippen LogP contribution < -0.4 is 5.69 Å². The number of hydrogen-bond acceptors (Lipinski definition) is 3. The van der Waals surface area contributed by atoms with E-state index in [0.29, 0.717) is 24.2 Å². The Morgan fingerprint density at radius 2 is 1.97 bits per heavy atom. The van der Waals surface area contributed by atoms with E-state index in [9.17, 15) is 14.0 Å². The fourth-order valence-corrected chi connectivity index (χ4v) is 4.56. The number of carbonyl (C=O) groups excluding carboxylic acids is 1. The van der Waals surface area contributed by atoms with Crippen LogP contribution in [0.15, 0.2) is 47.3 Å². The predicted octanol–water partition coefficient (Wildman–Crippen LogP) is 3.74. The van der Waals surface area contributed by atoms with Gasteiger partial charge in [0.15, 0.2) is 0 Å². The SMILES string of the molecule is COCCn1c(=O)[nH]c2cc(C(=O)N3[C@@H](CCc4ccc(F)cc4)CC[C@H]3C)ccc21. The molecule has 31 heavy (non-hydrogen) atoms. The highest BCUT2D eigenvalue weighted by Gasteiger charge is 2.34. The van der Waals surface area contributed by atoms with Crippen molar-refractivity contribution in [2.45, 2.75) is 51.2 Å². The Morgan fingerprint density at radius 1 is 1.19 bits per heavy atom. The van der Waals surface area contributed by atoms with Gasteiger partial charge in [-0.3, -0.25) is 9.36 Å². The molecule has 0 bridgehead atoms. The lowest BCUT2D eigenvalue weighted by Gasteiger charge is -2.29. The molecule has 1 aromatic heterocycles. The molecule has 1 fully saturated rings. The van der Waals surface area contributed by atoms with Crippen molar-refractivity contribution in [2.75, 3.05) is 13.7 Å². The van der Waals surface area contributed by atoms with Gasteiger partial charge in [-0.15, -0.1) is 0 Å². The number of aryl methyl sites for hydroxylation is 1. The van der Waals surface area contributed by atoms with Crippen LogP contribution in [0.2, 0.25) is 0 Å². The van der Waals surface area contributed by atoms with E-state index >= 15 is 0 Å². The average molecular weight is 426 g/mol. The highest BCUT2D eigenvalue weighted by molar-refractivity contribution is 5.98. The van der Waals surface area contributed by atoms with E-state index in [2.05, 4.69) is 11.9 Å². The number of hydrogen-bond donors (Lipinski definition) is 1. The number of nitrogens with zero attached hydrogens (tertiary/aromatic N) is 2. The molecule has 0 aliphatic carbocycles. The number of amides is 1. The van der Waals surface area contributed by atoms with E-state index < -0.39 is 0 Å². The third-order valence-electron chi connectivity index (χ3n) is 6.24. The van der Waals surface area contributed by atoms with Gasteiger partial charge >= 0.3 is 5.69 Å². The fourth-order valence-electron chi connectivity index (χ4n) is 4.56. The molecule has 1 aliphatic heterocycles. The lowest BCUT2D eigenvalue weighted by Crippen LogP contribution is -2.40. The molecule has 0 radical (unpaired) electrons. The van der Waals surface area contributed by atoms with Crippen molar-refractivity contribution in [1.29, 1.82) is 0 Å². The molecule has 0 unspecified atom stereocenters. The summed E-state index contributed by atoms with van der Waals surface area (Å²) in [5.74, 6) is -0.249. The molecular weight excluding hydrogens is 397 g/mol. The minimum atomic E-state index is -0.237. The normalized spacial score (nSPS) is 18.7. The van der Waals surface area contributed by atoms with Gasteiger partial charge < -0.3 is 14.6 Å². The number of H-pyrrole nitrogens is 1. The summed E-state index contributed by atoms with van der Waals surface area (Å²) in [4.78, 5) is 30.5. The maximum absolute atomic E-state index is 13.4. The van der Waals surface area contributed by atoms with Gasteiger partial charge in [0.25, 0.3) is 5.91 Å². The maximum atomic E-state index is 13.4. The smallest absolute Gasteiger partial charge is 0.326 e. The van der Waals surface area contributed by atoms with Crippen LogP contribution in [0.25, 0.3) is 11.0 Å². The zero-order valence-electron chi connectivity index (χ0n) is 17.9. The van der Waals surface area contributed by atoms with Crippen LogP contribution in [0.4, 0.5) is 4.39 Å². The first-order valence-corrected chi connectivity index (χ1v) is 10.8. The van der Waals surface area contributed by atoms with Crippen molar-refractivity contribution in [3.8, 4) is 0 Å². The third-order valence-corrected chi connectivity index (χ3v) is 6.24. The molecule has 0 spiro atoms. The molecular formula is C24H28FN3O3. The van der Waals surface area contributed by atoms with Crippen LogP contribution in [0.1, 0.15) is 42.1 Å². The number of imidazole rings is 1. The van der Waals surface area contributed by atoms with Crippen LogP contribution in [0.3, 0.4) is 0 Å². The van der Waals surface area contributed by atoms with Crippen LogP contribution in [0, 0.1) is 5.82 Å². The van der Waals surface area contributed by atoms with E-state index in [1.165, 1.54) is 12.1 Å². The minimum Gasteiger partial charge on any atom is -0.383 e. The number of methoxy groups -OCH3 is 1. The van der Waals surface area contributed by atoms with Crippen LogP contribution >= 0.6 is 0 Å². The van der Waals surface area contributed by atoms with Crippen molar-refractivity contribution < 1.29 is 13.9 Å². The monoisotopic (exact) mass is 425 g/mol. The largest absolute Gasteiger partial charge is 0.383 e. The summed E-state index contributed by atoms with van der Waals surface area (Å²) in [6, 6.07) is 12.3. The second-order valence-electron chi connectivity index (χ2n) is 8.26. The first-order valence-electron chi connectivity index (χ1n) is 10.8. The zero-order valence-corrected chi connectivity index (χ0v) is 17.9. The summed E-state index contributed by atoms with van der Waals surface area (Å²) in [7, 11) is 1.60. The zero-order chi connectivity index (χ0) is 22.0. The van der Waals surface area contributed by atoms with Gasteiger partial charge in [0, 0.05) is 24.8 Å². The van der Waals surface area contributed by atoms with Crippen molar-refractivity contribution >= 4 is 16.9 Å². The lowest BCUT2D eigenvalue weighted by atomic mass is 10.0. The molecule has 3 aromatic rings. The maximum Gasteiger partial charge on any atom is 0.326 e. The van der Waals surface area contributed by atoms with Gasteiger partial charge in [-0.05, 0) is 68.5 Å². The third kappa shape index (κ3) is 4.42. The standard InChI is InChI=1S/C24H28FN3O3/c1-16-3-10-20(11-6-17-4-8-19(25)9-5-17)28(16)23(29)18-7-12-22-21(15-18)26-24(30)27(22)13-14-31-2/h4-5,7-9,12,15-16,20H,3,6,10-11,13-14H2,1-2H3,(H,26,30)/t16-,20-/m1/s1. The Labute approximate surface area is 180 Å². The first kappa shape index (κ1) is 21.3. The Morgan fingerprint density at radius 3 is 2.71 bits per heavy atom. The summed E-state index contributed by atoms with van der Waals surface area (Å²) in [6.45, 7) is 2.98. The molecule has 0 saturated carbocycles. The number of carbonyl (C=O) groups is 1. The fraction of sp³-hybridized carbons (Fsp3) is 0.417. The molecule has 1 aliphatic rings. The van der Waals surface area contributed by atoms with Crippen LogP contribution in [0.5, 0.6) is 0 Å². The molecule has 7 heteroatoms. The molecule has 2 aromatic carbocycles.